The Bertz CT molecular complexity index is 609. The summed E-state index contributed by atoms with van der Waals surface area (Å²) < 4.78 is 16.7. The molecule has 6 heteroatoms. The molecule has 20 heavy (non-hydrogen) atoms. The lowest BCUT2D eigenvalue weighted by molar-refractivity contribution is 0.0832. The monoisotopic (exact) mass is 273 g/mol. The predicted octanol–water partition coefficient (Wildman–Crippen LogP) is 1.83. The van der Waals surface area contributed by atoms with Crippen molar-refractivity contribution in [2.24, 2.45) is 0 Å². The zero-order valence-electron chi connectivity index (χ0n) is 10.9. The van der Waals surface area contributed by atoms with Gasteiger partial charge < -0.3 is 19.3 Å². The molecule has 0 saturated heterocycles. The number of fused-ring (bicyclic) bond motifs is 1. The van der Waals surface area contributed by atoms with Crippen LogP contribution in [0.5, 0.6) is 11.5 Å². The standard InChI is InChI=1S/C14H15N3O3/c1-2-4-11-10(3-1)18-8-12(19-11)14-16-13(20-17-14)7-15-9-5-6-9/h1-4,9,12,15H,5-8H2. The van der Waals surface area contributed by atoms with Crippen LogP contribution in [-0.2, 0) is 6.54 Å². The van der Waals surface area contributed by atoms with Gasteiger partial charge in [-0.1, -0.05) is 17.3 Å². The summed E-state index contributed by atoms with van der Waals surface area (Å²) in [4.78, 5) is 4.36. The lowest BCUT2D eigenvalue weighted by atomic mass is 10.2. The molecule has 1 saturated carbocycles. The lowest BCUT2D eigenvalue weighted by Crippen LogP contribution is -2.22. The Labute approximate surface area is 116 Å². The molecule has 104 valence electrons. The fourth-order valence-electron chi connectivity index (χ4n) is 2.14. The number of para-hydroxylation sites is 2. The predicted molar refractivity (Wildman–Crippen MR) is 69.5 cm³/mol. The molecule has 0 amide bonds. The molecule has 2 aliphatic rings. The van der Waals surface area contributed by atoms with Gasteiger partial charge in [-0.05, 0) is 25.0 Å². The van der Waals surface area contributed by atoms with Crippen LogP contribution in [0, 0.1) is 0 Å². The smallest absolute Gasteiger partial charge is 0.240 e. The van der Waals surface area contributed by atoms with Crippen molar-refractivity contribution in [3.63, 3.8) is 0 Å². The SMILES string of the molecule is c1ccc2c(c1)OCC(c1noc(CNC3CC3)n1)O2. The highest BCUT2D eigenvalue weighted by Crippen LogP contribution is 2.35. The molecule has 0 radical (unpaired) electrons. The van der Waals surface area contributed by atoms with Crippen molar-refractivity contribution in [1.29, 1.82) is 0 Å². The number of rotatable bonds is 4. The summed E-state index contributed by atoms with van der Waals surface area (Å²) in [7, 11) is 0. The zero-order chi connectivity index (χ0) is 13.4. The molecule has 1 N–H and O–H groups in total. The van der Waals surface area contributed by atoms with Gasteiger partial charge in [0.05, 0.1) is 6.54 Å². The second-order valence-electron chi connectivity index (χ2n) is 5.07. The average Bonchev–Trinajstić information content (AvgIpc) is 3.21. The van der Waals surface area contributed by atoms with Crippen molar-refractivity contribution in [2.45, 2.75) is 31.5 Å². The summed E-state index contributed by atoms with van der Waals surface area (Å²) in [6.45, 7) is 1.01. The maximum Gasteiger partial charge on any atom is 0.240 e. The molecule has 1 aliphatic carbocycles. The van der Waals surface area contributed by atoms with Gasteiger partial charge in [-0.25, -0.2) is 0 Å². The molecule has 1 fully saturated rings. The van der Waals surface area contributed by atoms with Crippen LogP contribution in [0.25, 0.3) is 0 Å². The Morgan fingerprint density at radius 2 is 2.05 bits per heavy atom. The maximum atomic E-state index is 5.84. The summed E-state index contributed by atoms with van der Waals surface area (Å²) in [5.74, 6) is 2.59. The quantitative estimate of drug-likeness (QED) is 0.916. The second kappa shape index (κ2) is 4.79. The van der Waals surface area contributed by atoms with Gasteiger partial charge >= 0.3 is 0 Å². The highest BCUT2D eigenvalue weighted by Gasteiger charge is 2.27. The molecule has 1 unspecified atom stereocenters. The van der Waals surface area contributed by atoms with Crippen molar-refractivity contribution in [3.8, 4) is 11.5 Å². The van der Waals surface area contributed by atoms with Crippen LogP contribution in [0.4, 0.5) is 0 Å². The van der Waals surface area contributed by atoms with Crippen molar-refractivity contribution in [2.75, 3.05) is 6.61 Å². The Morgan fingerprint density at radius 1 is 1.20 bits per heavy atom. The Kier molecular flexibility index (Phi) is 2.81. The summed E-state index contributed by atoms with van der Waals surface area (Å²) >= 11 is 0. The van der Waals surface area contributed by atoms with Crippen molar-refractivity contribution in [1.82, 2.24) is 15.5 Å². The van der Waals surface area contributed by atoms with E-state index >= 15 is 0 Å². The van der Waals surface area contributed by atoms with Crippen LogP contribution in [0.2, 0.25) is 0 Å². The number of aromatic nitrogens is 2. The molecular weight excluding hydrogens is 258 g/mol. The molecule has 1 aromatic heterocycles. The van der Waals surface area contributed by atoms with E-state index in [1.165, 1.54) is 12.8 Å². The van der Waals surface area contributed by atoms with Crippen LogP contribution < -0.4 is 14.8 Å². The van der Waals surface area contributed by atoms with Gasteiger partial charge in [-0.15, -0.1) is 0 Å². The average molecular weight is 273 g/mol. The molecule has 2 aromatic rings. The number of ether oxygens (including phenoxy) is 2. The zero-order valence-corrected chi connectivity index (χ0v) is 10.9. The van der Waals surface area contributed by atoms with Gasteiger partial charge in [0.2, 0.25) is 11.7 Å². The van der Waals surface area contributed by atoms with E-state index in [1.54, 1.807) is 0 Å². The summed E-state index contributed by atoms with van der Waals surface area (Å²) in [5, 5.41) is 7.32. The molecule has 6 nitrogen and oxygen atoms in total. The Balaban J connectivity index is 1.45. The van der Waals surface area contributed by atoms with Gasteiger partial charge in [0.1, 0.15) is 6.61 Å². The fraction of sp³-hybridized carbons (Fsp3) is 0.429. The van der Waals surface area contributed by atoms with Crippen LogP contribution in [0.15, 0.2) is 28.8 Å². The van der Waals surface area contributed by atoms with Gasteiger partial charge in [0.25, 0.3) is 0 Å². The molecule has 1 aliphatic heterocycles. The van der Waals surface area contributed by atoms with Crippen molar-refractivity contribution in [3.05, 3.63) is 36.0 Å². The number of nitrogens with one attached hydrogen (secondary N) is 1. The molecule has 1 aromatic carbocycles. The van der Waals surface area contributed by atoms with E-state index in [9.17, 15) is 0 Å². The molecule has 1 atom stereocenters. The van der Waals surface area contributed by atoms with Crippen molar-refractivity contribution < 1.29 is 14.0 Å². The van der Waals surface area contributed by atoms with Gasteiger partial charge in [0, 0.05) is 6.04 Å². The van der Waals surface area contributed by atoms with E-state index in [0.717, 1.165) is 5.75 Å². The van der Waals surface area contributed by atoms with Crippen LogP contribution >= 0.6 is 0 Å². The van der Waals surface area contributed by atoms with Crippen LogP contribution in [0.1, 0.15) is 30.7 Å². The largest absolute Gasteiger partial charge is 0.485 e. The first-order valence-electron chi connectivity index (χ1n) is 6.83. The topological polar surface area (TPSA) is 69.4 Å². The molecule has 0 spiro atoms. The minimum atomic E-state index is -0.316. The van der Waals surface area contributed by atoms with E-state index in [-0.39, 0.29) is 6.10 Å². The molecule has 4 rings (SSSR count). The van der Waals surface area contributed by atoms with E-state index in [2.05, 4.69) is 15.5 Å². The number of hydrogen-bond donors (Lipinski definition) is 1. The summed E-state index contributed by atoms with van der Waals surface area (Å²) in [5.41, 5.74) is 0. The van der Waals surface area contributed by atoms with E-state index in [0.29, 0.717) is 36.7 Å². The van der Waals surface area contributed by atoms with Crippen LogP contribution in [-0.4, -0.2) is 22.8 Å². The van der Waals surface area contributed by atoms with Gasteiger partial charge in [0.15, 0.2) is 17.6 Å². The molecule has 0 bridgehead atoms. The highest BCUT2D eigenvalue weighted by molar-refractivity contribution is 5.40. The Morgan fingerprint density at radius 3 is 2.90 bits per heavy atom. The van der Waals surface area contributed by atoms with E-state index in [1.807, 2.05) is 24.3 Å². The third kappa shape index (κ3) is 2.34. The summed E-state index contributed by atoms with van der Waals surface area (Å²) in [6.07, 6.45) is 2.15. The van der Waals surface area contributed by atoms with Gasteiger partial charge in [-0.2, -0.15) is 4.98 Å². The third-order valence-electron chi connectivity index (χ3n) is 3.40. The Hall–Kier alpha value is -2.08. The first-order chi connectivity index (χ1) is 9.88. The molecule has 2 heterocycles. The number of nitrogens with zero attached hydrogens (tertiary/aromatic N) is 2. The first kappa shape index (κ1) is 11.7. The number of hydrogen-bond acceptors (Lipinski definition) is 6. The highest BCUT2D eigenvalue weighted by atomic mass is 16.6. The fourth-order valence-corrected chi connectivity index (χ4v) is 2.14. The maximum absolute atomic E-state index is 5.84. The lowest BCUT2D eigenvalue weighted by Gasteiger charge is -2.24. The van der Waals surface area contributed by atoms with Crippen LogP contribution in [0.3, 0.4) is 0 Å². The number of benzene rings is 1. The van der Waals surface area contributed by atoms with E-state index < -0.39 is 0 Å². The van der Waals surface area contributed by atoms with Crippen molar-refractivity contribution >= 4 is 0 Å². The van der Waals surface area contributed by atoms with Gasteiger partial charge in [-0.3, -0.25) is 0 Å². The minimum absolute atomic E-state index is 0.316. The molecular formula is C14H15N3O3. The second-order valence-corrected chi connectivity index (χ2v) is 5.07. The third-order valence-corrected chi connectivity index (χ3v) is 3.40. The normalized spacial score (nSPS) is 20.9. The summed E-state index contributed by atoms with van der Waals surface area (Å²) in [6, 6.07) is 8.19. The van der Waals surface area contributed by atoms with E-state index in [4.69, 9.17) is 14.0 Å². The first-order valence-corrected chi connectivity index (χ1v) is 6.83. The minimum Gasteiger partial charge on any atom is -0.485 e.